The lowest BCUT2D eigenvalue weighted by molar-refractivity contribution is 0.763. The van der Waals surface area contributed by atoms with E-state index in [1.54, 1.807) is 11.3 Å². The smallest absolute Gasteiger partial charge is 0.188 e. The number of nitrogens with zero attached hydrogens (tertiary/aromatic N) is 1. The fourth-order valence-electron chi connectivity index (χ4n) is 2.06. The Labute approximate surface area is 154 Å². The topological polar surface area (TPSA) is 50.4 Å². The number of nitrogens with one attached hydrogen (secondary N) is 1. The number of thiophene rings is 1. The minimum atomic E-state index is 0. The summed E-state index contributed by atoms with van der Waals surface area (Å²) in [4.78, 5) is 5.79. The summed E-state index contributed by atoms with van der Waals surface area (Å²) in [5, 5.41) is 5.26. The van der Waals surface area contributed by atoms with Gasteiger partial charge in [0.1, 0.15) is 0 Å². The van der Waals surface area contributed by atoms with Gasteiger partial charge in [-0.3, -0.25) is 4.99 Å². The zero-order valence-corrected chi connectivity index (χ0v) is 16.2. The van der Waals surface area contributed by atoms with Crippen molar-refractivity contribution in [3.63, 3.8) is 0 Å². The van der Waals surface area contributed by atoms with Gasteiger partial charge in [-0.1, -0.05) is 42.8 Å². The molecular formula is C17H24IN3S. The Hall–Kier alpha value is -1.08. The molecule has 0 spiro atoms. The average molecular weight is 429 g/mol. The molecule has 0 radical (unpaired) electrons. The number of aliphatic imine (C=N–C) groups is 1. The van der Waals surface area contributed by atoms with Crippen LogP contribution in [0.1, 0.15) is 28.8 Å². The Morgan fingerprint density at radius 1 is 1.27 bits per heavy atom. The fraction of sp³-hybridized carbons (Fsp3) is 0.353. The molecule has 120 valence electrons. The second kappa shape index (κ2) is 9.84. The van der Waals surface area contributed by atoms with Gasteiger partial charge in [0.2, 0.25) is 0 Å². The number of aryl methyl sites for hydroxylation is 1. The second-order valence-corrected chi connectivity index (χ2v) is 6.33. The van der Waals surface area contributed by atoms with Crippen molar-refractivity contribution in [1.82, 2.24) is 5.32 Å². The van der Waals surface area contributed by atoms with E-state index in [0.29, 0.717) is 18.4 Å². The first-order valence-corrected chi connectivity index (χ1v) is 8.16. The normalized spacial score (nSPS) is 12.5. The van der Waals surface area contributed by atoms with Gasteiger partial charge in [-0.15, -0.1) is 35.3 Å². The Kier molecular flexibility index (Phi) is 8.48. The number of benzene rings is 1. The maximum Gasteiger partial charge on any atom is 0.188 e. The SMILES string of the molecule is Cc1ccc(C(C)CN=C(N)NCCc2cccs2)cc1.I. The number of guanidine groups is 1. The van der Waals surface area contributed by atoms with E-state index in [4.69, 9.17) is 5.73 Å². The summed E-state index contributed by atoms with van der Waals surface area (Å²) in [6, 6.07) is 12.8. The van der Waals surface area contributed by atoms with Crippen LogP contribution in [0.25, 0.3) is 0 Å². The lowest BCUT2D eigenvalue weighted by atomic mass is 10.0. The van der Waals surface area contributed by atoms with Crippen molar-refractivity contribution in [2.75, 3.05) is 13.1 Å². The van der Waals surface area contributed by atoms with E-state index in [1.165, 1.54) is 16.0 Å². The van der Waals surface area contributed by atoms with Crippen molar-refractivity contribution >= 4 is 41.3 Å². The van der Waals surface area contributed by atoms with Crippen molar-refractivity contribution in [3.05, 3.63) is 57.8 Å². The van der Waals surface area contributed by atoms with Gasteiger partial charge in [0, 0.05) is 23.9 Å². The highest BCUT2D eigenvalue weighted by Gasteiger charge is 2.04. The maximum absolute atomic E-state index is 5.91. The molecule has 1 unspecified atom stereocenters. The molecule has 0 aliphatic rings. The van der Waals surface area contributed by atoms with Gasteiger partial charge in [0.15, 0.2) is 5.96 Å². The van der Waals surface area contributed by atoms with Gasteiger partial charge in [0.05, 0.1) is 0 Å². The molecule has 2 rings (SSSR count). The third-order valence-electron chi connectivity index (χ3n) is 3.44. The van der Waals surface area contributed by atoms with Crippen molar-refractivity contribution in [3.8, 4) is 0 Å². The van der Waals surface area contributed by atoms with Crippen LogP contribution in [0.4, 0.5) is 0 Å². The molecule has 1 heterocycles. The predicted octanol–water partition coefficient (Wildman–Crippen LogP) is 3.93. The molecule has 0 bridgehead atoms. The highest BCUT2D eigenvalue weighted by atomic mass is 127. The Balaban J connectivity index is 0.00000242. The highest BCUT2D eigenvalue weighted by molar-refractivity contribution is 14.0. The summed E-state index contributed by atoms with van der Waals surface area (Å²) in [5.41, 5.74) is 8.49. The summed E-state index contributed by atoms with van der Waals surface area (Å²) in [6.07, 6.45) is 0.988. The van der Waals surface area contributed by atoms with Gasteiger partial charge in [-0.2, -0.15) is 0 Å². The lowest BCUT2D eigenvalue weighted by Gasteiger charge is -2.10. The molecule has 0 saturated heterocycles. The molecule has 1 aromatic carbocycles. The molecule has 0 amide bonds. The van der Waals surface area contributed by atoms with Crippen LogP contribution < -0.4 is 11.1 Å². The minimum absolute atomic E-state index is 0. The Morgan fingerprint density at radius 3 is 2.64 bits per heavy atom. The van der Waals surface area contributed by atoms with Gasteiger partial charge >= 0.3 is 0 Å². The van der Waals surface area contributed by atoms with E-state index in [0.717, 1.165) is 13.0 Å². The van der Waals surface area contributed by atoms with Crippen LogP contribution in [0.5, 0.6) is 0 Å². The molecule has 3 nitrogen and oxygen atoms in total. The van der Waals surface area contributed by atoms with E-state index in [1.807, 2.05) is 0 Å². The molecule has 0 aliphatic heterocycles. The molecule has 2 aromatic rings. The first-order valence-electron chi connectivity index (χ1n) is 7.28. The van der Waals surface area contributed by atoms with E-state index < -0.39 is 0 Å². The zero-order valence-electron chi connectivity index (χ0n) is 13.1. The molecule has 1 aromatic heterocycles. The van der Waals surface area contributed by atoms with Crippen molar-refractivity contribution < 1.29 is 0 Å². The standard InChI is InChI=1S/C17H23N3S.HI/c1-13-5-7-15(8-6-13)14(2)12-20-17(18)19-10-9-16-4-3-11-21-16;/h3-8,11,14H,9-10,12H2,1-2H3,(H3,18,19,20);1H. The number of hydrogen-bond donors (Lipinski definition) is 2. The van der Waals surface area contributed by atoms with E-state index in [-0.39, 0.29) is 24.0 Å². The minimum Gasteiger partial charge on any atom is -0.370 e. The Bertz CT molecular complexity index is 564. The van der Waals surface area contributed by atoms with Gasteiger partial charge in [-0.25, -0.2) is 0 Å². The number of rotatable bonds is 6. The quantitative estimate of drug-likeness (QED) is 0.416. The molecule has 1 atom stereocenters. The lowest BCUT2D eigenvalue weighted by Crippen LogP contribution is -2.33. The van der Waals surface area contributed by atoms with Crippen LogP contribution in [0.2, 0.25) is 0 Å². The average Bonchev–Trinajstić information content (AvgIpc) is 2.99. The number of nitrogens with two attached hydrogens (primary N) is 1. The monoisotopic (exact) mass is 429 g/mol. The van der Waals surface area contributed by atoms with Crippen LogP contribution in [-0.4, -0.2) is 19.0 Å². The zero-order chi connectivity index (χ0) is 15.1. The van der Waals surface area contributed by atoms with E-state index >= 15 is 0 Å². The maximum atomic E-state index is 5.91. The second-order valence-electron chi connectivity index (χ2n) is 5.29. The number of halogens is 1. The summed E-state index contributed by atoms with van der Waals surface area (Å²) in [5.74, 6) is 0.911. The van der Waals surface area contributed by atoms with E-state index in [9.17, 15) is 0 Å². The molecule has 0 fully saturated rings. The molecular weight excluding hydrogens is 405 g/mol. The summed E-state index contributed by atoms with van der Waals surface area (Å²) in [6.45, 7) is 5.81. The highest BCUT2D eigenvalue weighted by Crippen LogP contribution is 2.15. The summed E-state index contributed by atoms with van der Waals surface area (Å²) in [7, 11) is 0. The number of hydrogen-bond acceptors (Lipinski definition) is 2. The van der Waals surface area contributed by atoms with Crippen LogP contribution in [-0.2, 0) is 6.42 Å². The van der Waals surface area contributed by atoms with E-state index in [2.05, 4.69) is 65.9 Å². The molecule has 5 heteroatoms. The fourth-order valence-corrected chi connectivity index (χ4v) is 2.77. The van der Waals surface area contributed by atoms with Crippen LogP contribution in [0, 0.1) is 6.92 Å². The van der Waals surface area contributed by atoms with Crippen molar-refractivity contribution in [2.45, 2.75) is 26.2 Å². The van der Waals surface area contributed by atoms with Gasteiger partial charge < -0.3 is 11.1 Å². The van der Waals surface area contributed by atoms with Gasteiger partial charge in [0.25, 0.3) is 0 Å². The molecule has 0 saturated carbocycles. The summed E-state index contributed by atoms with van der Waals surface area (Å²) >= 11 is 1.77. The van der Waals surface area contributed by atoms with Crippen molar-refractivity contribution in [2.24, 2.45) is 10.7 Å². The van der Waals surface area contributed by atoms with Crippen molar-refractivity contribution in [1.29, 1.82) is 0 Å². The van der Waals surface area contributed by atoms with Crippen LogP contribution in [0.15, 0.2) is 46.8 Å². The largest absolute Gasteiger partial charge is 0.370 e. The molecule has 22 heavy (non-hydrogen) atoms. The van der Waals surface area contributed by atoms with Gasteiger partial charge in [-0.05, 0) is 30.4 Å². The molecule has 3 N–H and O–H groups in total. The predicted molar refractivity (Wildman–Crippen MR) is 108 cm³/mol. The third kappa shape index (κ3) is 6.36. The third-order valence-corrected chi connectivity index (χ3v) is 4.38. The summed E-state index contributed by atoms with van der Waals surface area (Å²) < 4.78 is 0. The first kappa shape index (κ1) is 19.0. The van der Waals surface area contributed by atoms with Crippen LogP contribution >= 0.6 is 35.3 Å². The molecule has 0 aliphatic carbocycles. The first-order chi connectivity index (χ1) is 10.1. The Morgan fingerprint density at radius 2 is 2.00 bits per heavy atom. The van der Waals surface area contributed by atoms with Crippen LogP contribution in [0.3, 0.4) is 0 Å².